The van der Waals surface area contributed by atoms with E-state index in [2.05, 4.69) is 10.2 Å². The summed E-state index contributed by atoms with van der Waals surface area (Å²) in [7, 11) is 5.73. The van der Waals surface area contributed by atoms with Gasteiger partial charge in [0.15, 0.2) is 0 Å². The summed E-state index contributed by atoms with van der Waals surface area (Å²) in [4.78, 5) is 0. The molecule has 0 amide bonds. The Balaban J connectivity index is 1.61. The monoisotopic (exact) mass is 308 g/mol. The van der Waals surface area contributed by atoms with Gasteiger partial charge in [0.25, 0.3) is 0 Å². The molecular formula is C20H13BN2O. The lowest BCUT2D eigenvalue weighted by Gasteiger charge is -2.03. The lowest BCUT2D eigenvalue weighted by Crippen LogP contribution is -1.99. The van der Waals surface area contributed by atoms with Crippen molar-refractivity contribution in [3.05, 3.63) is 78.9 Å². The largest absolute Gasteiger partial charge is 0.416 e. The summed E-state index contributed by atoms with van der Waals surface area (Å²) in [5, 5.41) is 8.27. The Morgan fingerprint density at radius 2 is 1.00 bits per heavy atom. The number of nitrogens with zero attached hydrogens (tertiary/aromatic N) is 2. The Morgan fingerprint density at radius 3 is 1.58 bits per heavy atom. The molecule has 0 aliphatic heterocycles. The first-order valence-electron chi connectivity index (χ1n) is 7.65. The van der Waals surface area contributed by atoms with Gasteiger partial charge in [-0.2, -0.15) is 0 Å². The van der Waals surface area contributed by atoms with Gasteiger partial charge in [-0.1, -0.05) is 60.1 Å². The van der Waals surface area contributed by atoms with Gasteiger partial charge in [-0.05, 0) is 35.4 Å². The van der Waals surface area contributed by atoms with Crippen LogP contribution in [0.4, 0.5) is 0 Å². The molecule has 0 aliphatic carbocycles. The fraction of sp³-hybridized carbons (Fsp3) is 0. The molecule has 2 radical (unpaired) electrons. The molecule has 112 valence electrons. The molecule has 1 aromatic heterocycles. The quantitative estimate of drug-likeness (QED) is 0.539. The summed E-state index contributed by atoms with van der Waals surface area (Å²) >= 11 is 0. The maximum atomic E-state index is 5.78. The van der Waals surface area contributed by atoms with Crippen molar-refractivity contribution in [2.45, 2.75) is 0 Å². The van der Waals surface area contributed by atoms with Crippen LogP contribution >= 0.6 is 0 Å². The van der Waals surface area contributed by atoms with Gasteiger partial charge >= 0.3 is 0 Å². The van der Waals surface area contributed by atoms with Crippen molar-refractivity contribution in [1.82, 2.24) is 10.2 Å². The zero-order chi connectivity index (χ0) is 16.4. The molecule has 1 heterocycles. The molecular weight excluding hydrogens is 295 g/mol. The van der Waals surface area contributed by atoms with Gasteiger partial charge in [-0.15, -0.1) is 10.2 Å². The number of benzene rings is 3. The smallest absolute Gasteiger partial charge is 0.248 e. The van der Waals surface area contributed by atoms with Crippen molar-refractivity contribution < 1.29 is 4.42 Å². The van der Waals surface area contributed by atoms with Crippen LogP contribution in [0, 0.1) is 0 Å². The van der Waals surface area contributed by atoms with Crippen LogP contribution in [-0.4, -0.2) is 18.0 Å². The minimum Gasteiger partial charge on any atom is -0.416 e. The van der Waals surface area contributed by atoms with Gasteiger partial charge < -0.3 is 4.42 Å². The lowest BCUT2D eigenvalue weighted by atomic mass is 9.93. The third kappa shape index (κ3) is 2.86. The zero-order valence-electron chi connectivity index (χ0n) is 12.9. The molecule has 0 saturated heterocycles. The Hall–Kier alpha value is -3.14. The zero-order valence-corrected chi connectivity index (χ0v) is 12.9. The van der Waals surface area contributed by atoms with E-state index in [9.17, 15) is 0 Å². The SMILES string of the molecule is [B]c1ccc(-c2ccc(-c3nnc(-c4ccccc4)o3)cc2)cc1. The van der Waals surface area contributed by atoms with E-state index in [1.165, 1.54) is 0 Å². The highest BCUT2D eigenvalue weighted by Crippen LogP contribution is 2.26. The molecule has 3 nitrogen and oxygen atoms in total. The number of rotatable bonds is 3. The van der Waals surface area contributed by atoms with Gasteiger partial charge in [-0.3, -0.25) is 0 Å². The third-order valence-corrected chi connectivity index (χ3v) is 3.82. The Kier molecular flexibility index (Phi) is 3.71. The summed E-state index contributed by atoms with van der Waals surface area (Å²) in [5.74, 6) is 1.03. The standard InChI is InChI=1S/C20H13BN2O/c21-18-12-10-15(11-13-18)14-6-8-17(9-7-14)20-23-22-19(24-20)16-4-2-1-3-5-16/h1-13H. The maximum absolute atomic E-state index is 5.78. The molecule has 0 bridgehead atoms. The summed E-state index contributed by atoms with van der Waals surface area (Å²) in [5.41, 5.74) is 4.79. The second-order valence-corrected chi connectivity index (χ2v) is 5.48. The van der Waals surface area contributed by atoms with Crippen molar-refractivity contribution in [3.63, 3.8) is 0 Å². The van der Waals surface area contributed by atoms with E-state index in [1.807, 2.05) is 78.9 Å². The predicted molar refractivity (Wildman–Crippen MR) is 96.0 cm³/mol. The van der Waals surface area contributed by atoms with Crippen LogP contribution < -0.4 is 5.46 Å². The van der Waals surface area contributed by atoms with E-state index < -0.39 is 0 Å². The van der Waals surface area contributed by atoms with Crippen molar-refractivity contribution in [3.8, 4) is 34.0 Å². The molecule has 0 saturated carbocycles. The first-order chi connectivity index (χ1) is 11.8. The highest BCUT2D eigenvalue weighted by Gasteiger charge is 2.10. The van der Waals surface area contributed by atoms with Gasteiger partial charge in [0.1, 0.15) is 7.85 Å². The topological polar surface area (TPSA) is 38.9 Å². The van der Waals surface area contributed by atoms with Crippen LogP contribution in [0.3, 0.4) is 0 Å². The van der Waals surface area contributed by atoms with Gasteiger partial charge in [0.2, 0.25) is 11.8 Å². The van der Waals surface area contributed by atoms with E-state index in [4.69, 9.17) is 12.3 Å². The molecule has 0 aliphatic rings. The highest BCUT2D eigenvalue weighted by atomic mass is 16.4. The first-order valence-corrected chi connectivity index (χ1v) is 7.65. The molecule has 0 N–H and O–H groups in total. The van der Waals surface area contributed by atoms with Crippen molar-refractivity contribution >= 4 is 13.3 Å². The summed E-state index contributed by atoms with van der Waals surface area (Å²) in [6.45, 7) is 0. The van der Waals surface area contributed by atoms with Crippen LogP contribution in [0.2, 0.25) is 0 Å². The van der Waals surface area contributed by atoms with E-state index in [0.29, 0.717) is 11.8 Å². The van der Waals surface area contributed by atoms with E-state index >= 15 is 0 Å². The predicted octanol–water partition coefficient (Wildman–Crippen LogP) is 3.86. The Labute approximate surface area is 141 Å². The van der Waals surface area contributed by atoms with E-state index in [1.54, 1.807) is 0 Å². The highest BCUT2D eigenvalue weighted by molar-refractivity contribution is 6.32. The van der Waals surface area contributed by atoms with Gasteiger partial charge in [-0.25, -0.2) is 0 Å². The summed E-state index contributed by atoms with van der Waals surface area (Å²) in [6.07, 6.45) is 0. The van der Waals surface area contributed by atoms with Crippen LogP contribution in [0.5, 0.6) is 0 Å². The molecule has 4 heteroatoms. The maximum Gasteiger partial charge on any atom is 0.248 e. The minimum absolute atomic E-state index is 0.512. The molecule has 0 atom stereocenters. The second kappa shape index (κ2) is 6.16. The Morgan fingerprint density at radius 1 is 0.542 bits per heavy atom. The number of hydrogen-bond donors (Lipinski definition) is 0. The minimum atomic E-state index is 0.512. The molecule has 0 spiro atoms. The average Bonchev–Trinajstić information content (AvgIpc) is 3.13. The third-order valence-electron chi connectivity index (χ3n) is 3.82. The van der Waals surface area contributed by atoms with Gasteiger partial charge in [0.05, 0.1) is 0 Å². The molecule has 0 unspecified atom stereocenters. The summed E-state index contributed by atoms with van der Waals surface area (Å²) in [6, 6.07) is 25.6. The molecule has 24 heavy (non-hydrogen) atoms. The van der Waals surface area contributed by atoms with Crippen molar-refractivity contribution in [2.75, 3.05) is 0 Å². The number of hydrogen-bond acceptors (Lipinski definition) is 3. The van der Waals surface area contributed by atoms with E-state index in [-0.39, 0.29) is 0 Å². The summed E-state index contributed by atoms with van der Waals surface area (Å²) < 4.78 is 5.78. The second-order valence-electron chi connectivity index (χ2n) is 5.48. The molecule has 4 rings (SSSR count). The van der Waals surface area contributed by atoms with Crippen LogP contribution in [0.15, 0.2) is 83.3 Å². The molecule has 3 aromatic carbocycles. The van der Waals surface area contributed by atoms with Crippen molar-refractivity contribution in [2.24, 2.45) is 0 Å². The number of aromatic nitrogens is 2. The molecule has 0 fully saturated rings. The fourth-order valence-corrected chi connectivity index (χ4v) is 2.52. The van der Waals surface area contributed by atoms with Crippen LogP contribution in [0.1, 0.15) is 0 Å². The molecule has 4 aromatic rings. The van der Waals surface area contributed by atoms with E-state index in [0.717, 1.165) is 27.7 Å². The normalized spacial score (nSPS) is 10.7. The lowest BCUT2D eigenvalue weighted by molar-refractivity contribution is 0.584. The Bertz CT molecular complexity index is 945. The van der Waals surface area contributed by atoms with Crippen molar-refractivity contribution in [1.29, 1.82) is 0 Å². The van der Waals surface area contributed by atoms with Crippen LogP contribution in [0.25, 0.3) is 34.0 Å². The van der Waals surface area contributed by atoms with Crippen LogP contribution in [-0.2, 0) is 0 Å². The average molecular weight is 308 g/mol. The van der Waals surface area contributed by atoms with Gasteiger partial charge in [0, 0.05) is 11.1 Å². The fourth-order valence-electron chi connectivity index (χ4n) is 2.52. The first kappa shape index (κ1) is 14.5.